The third kappa shape index (κ3) is 7.35. The number of aryl methyl sites for hydroxylation is 2. The van der Waals surface area contributed by atoms with Gasteiger partial charge >= 0.3 is 44.1 Å². The van der Waals surface area contributed by atoms with E-state index in [4.69, 9.17) is 17.0 Å². The number of alkyl halides is 3. The van der Waals surface area contributed by atoms with Gasteiger partial charge < -0.3 is 5.11 Å². The minimum absolute atomic E-state index is 0.0973. The van der Waals surface area contributed by atoms with Crippen molar-refractivity contribution in [2.24, 2.45) is 0 Å². The molecule has 0 aromatic heterocycles. The molecule has 0 amide bonds. The van der Waals surface area contributed by atoms with Crippen molar-refractivity contribution < 1.29 is 39.1 Å². The molecule has 8 heteroatoms. The first-order chi connectivity index (χ1) is 12.3. The van der Waals surface area contributed by atoms with Crippen LogP contribution in [-0.4, -0.2) is 5.11 Å². The average Bonchev–Trinajstić information content (AvgIpc) is 2.51. The van der Waals surface area contributed by atoms with E-state index < -0.39 is 32.6 Å². The molecular formula is C19H22Cl2F3OPZr. The van der Waals surface area contributed by atoms with Crippen LogP contribution in [0.2, 0.25) is 0 Å². The number of phenolic OH excluding ortho intramolecular Hbond substituents is 1. The maximum absolute atomic E-state index is 13.3. The molecule has 0 spiro atoms. The van der Waals surface area contributed by atoms with E-state index in [2.05, 4.69) is 0 Å². The van der Waals surface area contributed by atoms with Gasteiger partial charge in [-0.15, -0.1) is 0 Å². The van der Waals surface area contributed by atoms with E-state index in [-0.39, 0.29) is 25.0 Å². The van der Waals surface area contributed by atoms with Crippen LogP contribution in [0.15, 0.2) is 30.3 Å². The fourth-order valence-corrected chi connectivity index (χ4v) is 3.95. The Morgan fingerprint density at radius 3 is 1.89 bits per heavy atom. The molecule has 0 radical (unpaired) electrons. The van der Waals surface area contributed by atoms with Crippen LogP contribution < -0.4 is 10.6 Å². The van der Waals surface area contributed by atoms with Crippen LogP contribution in [0, 0.1) is 13.8 Å². The Hall–Kier alpha value is -0.0769. The Labute approximate surface area is 179 Å². The van der Waals surface area contributed by atoms with Crippen molar-refractivity contribution in [3.63, 3.8) is 0 Å². The van der Waals surface area contributed by atoms with Crippen molar-refractivity contribution in [1.29, 1.82) is 0 Å². The van der Waals surface area contributed by atoms with Crippen molar-refractivity contribution in [3.05, 3.63) is 52.6 Å². The maximum atomic E-state index is 13.3. The molecule has 0 heterocycles. The third-order valence-electron chi connectivity index (χ3n) is 3.81. The van der Waals surface area contributed by atoms with E-state index in [1.807, 2.05) is 33.8 Å². The molecular weight excluding hydrogens is 494 g/mol. The van der Waals surface area contributed by atoms with Gasteiger partial charge in [-0.05, 0) is 42.3 Å². The van der Waals surface area contributed by atoms with Gasteiger partial charge in [0.25, 0.3) is 0 Å². The summed E-state index contributed by atoms with van der Waals surface area (Å²) in [6.45, 7) is 9.46. The molecule has 2 rings (SSSR count). The van der Waals surface area contributed by atoms with Crippen molar-refractivity contribution >= 4 is 36.2 Å². The fraction of sp³-hybridized carbons (Fsp3) is 0.368. The first-order valence-electron chi connectivity index (χ1n) is 8.06. The Balaban J connectivity index is 0.00000114. The summed E-state index contributed by atoms with van der Waals surface area (Å²) in [5.41, 5.74) is 1.35. The Morgan fingerprint density at radius 1 is 0.889 bits per heavy atom. The third-order valence-corrected chi connectivity index (χ3v) is 5.17. The van der Waals surface area contributed by atoms with Crippen LogP contribution in [0.5, 0.6) is 5.75 Å². The summed E-state index contributed by atoms with van der Waals surface area (Å²) in [5.74, 6) is 0.0973. The number of rotatable bonds is 2. The van der Waals surface area contributed by atoms with Gasteiger partial charge in [-0.1, -0.05) is 53.1 Å². The van der Waals surface area contributed by atoms with Crippen LogP contribution in [0.3, 0.4) is 0 Å². The van der Waals surface area contributed by atoms with Crippen molar-refractivity contribution in [2.75, 3.05) is 0 Å². The van der Waals surface area contributed by atoms with Gasteiger partial charge in [0.05, 0.1) is 5.56 Å². The summed E-state index contributed by atoms with van der Waals surface area (Å²) in [4.78, 5) is 0. The molecule has 0 fully saturated rings. The number of aromatic hydroxyl groups is 1. The molecule has 0 aliphatic rings. The van der Waals surface area contributed by atoms with Crippen LogP contribution in [0.25, 0.3) is 0 Å². The Bertz CT molecular complexity index is 790. The van der Waals surface area contributed by atoms with E-state index in [0.717, 1.165) is 11.1 Å². The molecule has 27 heavy (non-hydrogen) atoms. The van der Waals surface area contributed by atoms with Crippen LogP contribution >= 0.6 is 25.6 Å². The van der Waals surface area contributed by atoms with Gasteiger partial charge in [-0.2, -0.15) is 13.2 Å². The zero-order valence-corrected chi connectivity index (χ0v) is 20.7. The molecule has 0 saturated heterocycles. The predicted octanol–water partition coefficient (Wildman–Crippen LogP) is 6.33. The summed E-state index contributed by atoms with van der Waals surface area (Å²) in [5, 5.41) is 11.3. The van der Waals surface area contributed by atoms with Gasteiger partial charge in [0.1, 0.15) is 5.75 Å². The molecule has 148 valence electrons. The topological polar surface area (TPSA) is 20.2 Å². The van der Waals surface area contributed by atoms with E-state index in [0.29, 0.717) is 10.9 Å². The Kier molecular flexibility index (Phi) is 9.34. The summed E-state index contributed by atoms with van der Waals surface area (Å²) in [6, 6.07) is 8.01. The number of benzene rings is 2. The summed E-state index contributed by atoms with van der Waals surface area (Å²) in [7, 11) is 9.61. The van der Waals surface area contributed by atoms with Crippen LogP contribution in [0.4, 0.5) is 13.2 Å². The molecule has 0 saturated carbocycles. The van der Waals surface area contributed by atoms with Crippen LogP contribution in [-0.2, 0) is 32.4 Å². The standard InChI is InChI=1S/C19H22F3OP.2ClH.Zr/c1-11-6-7-15(13(8-11)19(20,21)22)24-16-10-12(2)9-14(17(16)23)18(3,4)5;;;/h6-10,23-24H,1-5H3;2*1H;/q;;;+2/p-2. The van der Waals surface area contributed by atoms with Gasteiger partial charge in [0.15, 0.2) is 0 Å². The first-order valence-corrected chi connectivity index (χ1v) is 15.4. The normalized spacial score (nSPS) is 12.1. The predicted molar refractivity (Wildman–Crippen MR) is 107 cm³/mol. The monoisotopic (exact) mass is 514 g/mol. The molecule has 2 aromatic rings. The first kappa shape index (κ1) is 25.0. The molecule has 1 atom stereocenters. The quantitative estimate of drug-likeness (QED) is 0.463. The zero-order valence-electron chi connectivity index (χ0n) is 15.7. The number of hydrogen-bond acceptors (Lipinski definition) is 1. The summed E-state index contributed by atoms with van der Waals surface area (Å²) in [6.07, 6.45) is -4.40. The van der Waals surface area contributed by atoms with Crippen molar-refractivity contribution in [1.82, 2.24) is 0 Å². The molecule has 1 N–H and O–H groups in total. The molecule has 1 nitrogen and oxygen atoms in total. The summed E-state index contributed by atoms with van der Waals surface area (Å²) >= 11 is -0.826. The zero-order chi connectivity index (χ0) is 21.0. The number of halogens is 5. The number of hydrogen-bond donors (Lipinski definition) is 1. The summed E-state index contributed by atoms with van der Waals surface area (Å²) < 4.78 is 40.0. The second-order valence-electron chi connectivity index (χ2n) is 7.20. The van der Waals surface area contributed by atoms with Crippen molar-refractivity contribution in [2.45, 2.75) is 46.2 Å². The molecule has 0 bridgehead atoms. The average molecular weight is 516 g/mol. The van der Waals surface area contributed by atoms with Crippen molar-refractivity contribution in [3.8, 4) is 5.75 Å². The number of phenols is 1. The SMILES string of the molecule is Cc1cc(Pc2ccc(C)cc2C(F)(F)F)c(O)c(C(C)(C)C)c1.[Cl][Zr][Cl]. The fourth-order valence-electron chi connectivity index (χ4n) is 2.59. The second kappa shape index (κ2) is 10.1. The molecule has 1 unspecified atom stereocenters. The Morgan fingerprint density at radius 2 is 1.41 bits per heavy atom. The van der Waals surface area contributed by atoms with Gasteiger partial charge in [-0.3, -0.25) is 0 Å². The van der Waals surface area contributed by atoms with E-state index in [1.165, 1.54) is 12.1 Å². The van der Waals surface area contributed by atoms with Crippen LogP contribution in [0.1, 0.15) is 43.0 Å². The van der Waals surface area contributed by atoms with E-state index in [1.54, 1.807) is 19.1 Å². The van der Waals surface area contributed by atoms with Gasteiger partial charge in [-0.25, -0.2) is 0 Å². The second-order valence-corrected chi connectivity index (χ2v) is 12.3. The van der Waals surface area contributed by atoms with E-state index >= 15 is 0 Å². The van der Waals surface area contributed by atoms with Gasteiger partial charge in [0.2, 0.25) is 0 Å². The minimum atomic E-state index is -4.40. The van der Waals surface area contributed by atoms with Gasteiger partial charge in [0, 0.05) is 10.9 Å². The molecule has 0 aliphatic carbocycles. The molecule has 2 aromatic carbocycles. The van der Waals surface area contributed by atoms with E-state index in [9.17, 15) is 18.3 Å². The molecule has 0 aliphatic heterocycles.